The summed E-state index contributed by atoms with van der Waals surface area (Å²) in [6, 6.07) is 28.7. The van der Waals surface area contributed by atoms with Gasteiger partial charge >= 0.3 is 0 Å². The molecule has 0 amide bonds. The van der Waals surface area contributed by atoms with Gasteiger partial charge in [-0.3, -0.25) is 0 Å². The van der Waals surface area contributed by atoms with Crippen molar-refractivity contribution < 1.29 is 4.74 Å². The summed E-state index contributed by atoms with van der Waals surface area (Å²) in [5.74, 6) is 0.773. The SMILES string of the molecule is N#C/C(=C\c1ccc(OCc2ccccc2)cc1)Nc1ccc(C#N)cc1. The fraction of sp³-hybridized carbons (Fsp3) is 0.0435. The Hall–Kier alpha value is -4.02. The number of anilines is 1. The summed E-state index contributed by atoms with van der Waals surface area (Å²) in [5, 5.41) is 21.2. The largest absolute Gasteiger partial charge is 0.489 e. The van der Waals surface area contributed by atoms with Gasteiger partial charge in [0.2, 0.25) is 0 Å². The lowest BCUT2D eigenvalue weighted by Crippen LogP contribution is -1.97. The van der Waals surface area contributed by atoms with Crippen molar-refractivity contribution in [3.8, 4) is 17.9 Å². The molecule has 0 fully saturated rings. The second-order valence-electron chi connectivity index (χ2n) is 5.83. The number of nitrogens with zero attached hydrogens (tertiary/aromatic N) is 2. The van der Waals surface area contributed by atoms with Crippen LogP contribution in [0.3, 0.4) is 0 Å². The Morgan fingerprint density at radius 3 is 2.22 bits per heavy atom. The van der Waals surface area contributed by atoms with E-state index in [1.165, 1.54) is 0 Å². The molecule has 0 saturated carbocycles. The zero-order valence-electron chi connectivity index (χ0n) is 14.6. The molecule has 0 saturated heterocycles. The highest BCUT2D eigenvalue weighted by molar-refractivity contribution is 5.64. The van der Waals surface area contributed by atoms with Crippen molar-refractivity contribution in [2.45, 2.75) is 6.61 Å². The zero-order chi connectivity index (χ0) is 18.9. The van der Waals surface area contributed by atoms with Crippen molar-refractivity contribution in [2.75, 3.05) is 5.32 Å². The van der Waals surface area contributed by atoms with E-state index in [0.29, 0.717) is 17.9 Å². The number of allylic oxidation sites excluding steroid dienone is 1. The maximum Gasteiger partial charge on any atom is 0.119 e. The van der Waals surface area contributed by atoms with Gasteiger partial charge in [0.25, 0.3) is 0 Å². The lowest BCUT2D eigenvalue weighted by Gasteiger charge is -2.07. The Balaban J connectivity index is 1.64. The lowest BCUT2D eigenvalue weighted by molar-refractivity contribution is 0.306. The first-order valence-corrected chi connectivity index (χ1v) is 8.42. The van der Waals surface area contributed by atoms with Crippen LogP contribution < -0.4 is 10.1 Å². The summed E-state index contributed by atoms with van der Waals surface area (Å²) in [6.45, 7) is 0.514. The molecular weight excluding hydrogens is 334 g/mol. The van der Waals surface area contributed by atoms with Gasteiger partial charge in [-0.05, 0) is 53.6 Å². The zero-order valence-corrected chi connectivity index (χ0v) is 14.6. The highest BCUT2D eigenvalue weighted by atomic mass is 16.5. The van der Waals surface area contributed by atoms with Gasteiger partial charge in [0.1, 0.15) is 24.1 Å². The van der Waals surface area contributed by atoms with E-state index < -0.39 is 0 Å². The minimum absolute atomic E-state index is 0.415. The molecule has 0 atom stereocenters. The van der Waals surface area contributed by atoms with Crippen LogP contribution >= 0.6 is 0 Å². The molecule has 27 heavy (non-hydrogen) atoms. The van der Waals surface area contributed by atoms with Crippen LogP contribution in [0.25, 0.3) is 6.08 Å². The fourth-order valence-corrected chi connectivity index (χ4v) is 2.45. The van der Waals surface area contributed by atoms with Crippen LogP contribution in [0.15, 0.2) is 84.6 Å². The molecule has 0 bridgehead atoms. The van der Waals surface area contributed by atoms with Gasteiger partial charge in [-0.15, -0.1) is 0 Å². The third kappa shape index (κ3) is 5.22. The van der Waals surface area contributed by atoms with Crippen molar-refractivity contribution in [3.63, 3.8) is 0 Å². The number of hydrogen-bond acceptors (Lipinski definition) is 4. The normalized spacial score (nSPS) is 10.5. The van der Waals surface area contributed by atoms with E-state index in [2.05, 4.69) is 17.5 Å². The van der Waals surface area contributed by atoms with Crippen molar-refractivity contribution in [1.29, 1.82) is 10.5 Å². The van der Waals surface area contributed by atoms with Crippen molar-refractivity contribution in [1.82, 2.24) is 0 Å². The predicted molar refractivity (Wildman–Crippen MR) is 106 cm³/mol. The molecule has 4 nitrogen and oxygen atoms in total. The fourth-order valence-electron chi connectivity index (χ4n) is 2.45. The second-order valence-corrected chi connectivity index (χ2v) is 5.83. The molecule has 0 aliphatic heterocycles. The topological polar surface area (TPSA) is 68.8 Å². The Labute approximate surface area is 158 Å². The van der Waals surface area contributed by atoms with Crippen molar-refractivity contribution in [2.24, 2.45) is 0 Å². The first kappa shape index (κ1) is 17.8. The predicted octanol–water partition coefficient (Wildman–Crippen LogP) is 5.11. The summed E-state index contributed by atoms with van der Waals surface area (Å²) in [7, 11) is 0. The van der Waals surface area contributed by atoms with Gasteiger partial charge in [-0.1, -0.05) is 42.5 Å². The molecule has 0 heterocycles. The number of hydrogen-bond donors (Lipinski definition) is 1. The number of ether oxygens (including phenoxy) is 1. The quantitative estimate of drug-likeness (QED) is 0.626. The molecule has 0 unspecified atom stereocenters. The third-order valence-electron chi connectivity index (χ3n) is 3.85. The smallest absolute Gasteiger partial charge is 0.119 e. The standard InChI is InChI=1S/C23H17N3O/c24-15-19-6-10-21(11-7-19)26-22(16-25)14-18-8-12-23(13-9-18)27-17-20-4-2-1-3-5-20/h1-14,26H,17H2/b22-14+. The van der Waals surface area contributed by atoms with Gasteiger partial charge in [0.15, 0.2) is 0 Å². The van der Waals surface area contributed by atoms with E-state index >= 15 is 0 Å². The van der Waals surface area contributed by atoms with E-state index in [1.54, 1.807) is 30.3 Å². The summed E-state index contributed by atoms with van der Waals surface area (Å²) in [6.07, 6.45) is 1.76. The Kier molecular flexibility index (Phi) is 5.86. The van der Waals surface area contributed by atoms with E-state index in [-0.39, 0.29) is 0 Å². The number of nitrogens with one attached hydrogen (secondary N) is 1. The molecule has 0 aliphatic rings. The highest BCUT2D eigenvalue weighted by Gasteiger charge is 2.00. The Morgan fingerprint density at radius 1 is 0.889 bits per heavy atom. The van der Waals surface area contributed by atoms with Crippen molar-refractivity contribution >= 4 is 11.8 Å². The molecule has 3 aromatic rings. The molecule has 4 heteroatoms. The molecule has 3 rings (SSSR count). The molecule has 0 aliphatic carbocycles. The second kappa shape index (κ2) is 8.89. The maximum atomic E-state index is 9.36. The van der Waals surface area contributed by atoms with Gasteiger partial charge in [-0.25, -0.2) is 0 Å². The highest BCUT2D eigenvalue weighted by Crippen LogP contribution is 2.17. The minimum Gasteiger partial charge on any atom is -0.489 e. The monoisotopic (exact) mass is 351 g/mol. The number of benzene rings is 3. The van der Waals surface area contributed by atoms with Gasteiger partial charge in [-0.2, -0.15) is 10.5 Å². The maximum absolute atomic E-state index is 9.36. The Morgan fingerprint density at radius 2 is 1.59 bits per heavy atom. The van der Waals surface area contributed by atoms with Crippen molar-refractivity contribution in [3.05, 3.63) is 101 Å². The van der Waals surface area contributed by atoms with Gasteiger partial charge < -0.3 is 10.1 Å². The van der Waals surface area contributed by atoms with Crippen LogP contribution in [0.5, 0.6) is 5.75 Å². The molecular formula is C23H17N3O. The summed E-state index contributed by atoms with van der Waals surface area (Å²) >= 11 is 0. The first-order chi connectivity index (χ1) is 13.3. The van der Waals surface area contributed by atoms with Gasteiger partial charge in [0, 0.05) is 5.69 Å². The average Bonchev–Trinajstić information content (AvgIpc) is 2.74. The minimum atomic E-state index is 0.415. The van der Waals surface area contributed by atoms with Crippen LogP contribution in [0.1, 0.15) is 16.7 Å². The van der Waals surface area contributed by atoms with Crippen LogP contribution in [-0.4, -0.2) is 0 Å². The van der Waals surface area contributed by atoms with E-state index in [4.69, 9.17) is 10.00 Å². The lowest BCUT2D eigenvalue weighted by atomic mass is 10.1. The summed E-state index contributed by atoms with van der Waals surface area (Å²) in [5.41, 5.74) is 3.75. The number of rotatable bonds is 6. The van der Waals surface area contributed by atoms with Crippen LogP contribution in [0.4, 0.5) is 5.69 Å². The molecule has 0 aromatic heterocycles. The summed E-state index contributed by atoms with van der Waals surface area (Å²) in [4.78, 5) is 0. The van der Waals surface area contributed by atoms with E-state index in [9.17, 15) is 5.26 Å². The third-order valence-corrected chi connectivity index (χ3v) is 3.85. The van der Waals surface area contributed by atoms with Crippen LogP contribution in [-0.2, 0) is 6.61 Å². The molecule has 0 radical (unpaired) electrons. The Bertz CT molecular complexity index is 993. The van der Waals surface area contributed by atoms with E-state index in [0.717, 1.165) is 22.6 Å². The van der Waals surface area contributed by atoms with Crippen LogP contribution in [0.2, 0.25) is 0 Å². The van der Waals surface area contributed by atoms with E-state index in [1.807, 2.05) is 54.6 Å². The molecule has 3 aromatic carbocycles. The first-order valence-electron chi connectivity index (χ1n) is 8.42. The summed E-state index contributed by atoms with van der Waals surface area (Å²) < 4.78 is 5.77. The van der Waals surface area contributed by atoms with Gasteiger partial charge in [0.05, 0.1) is 11.6 Å². The average molecular weight is 351 g/mol. The molecule has 1 N–H and O–H groups in total. The molecule has 0 spiro atoms. The number of nitriles is 2. The van der Waals surface area contributed by atoms with Crippen LogP contribution in [0, 0.1) is 22.7 Å². The molecule has 130 valence electrons.